The van der Waals surface area contributed by atoms with Gasteiger partial charge in [-0.05, 0) is 99.2 Å². The average molecular weight is 776 g/mol. The van der Waals surface area contributed by atoms with Crippen LogP contribution in [0.15, 0.2) is 151 Å². The molecule has 4 aromatic heterocycles. The maximum absolute atomic E-state index is 5.34. The van der Waals surface area contributed by atoms with Crippen LogP contribution in [0.3, 0.4) is 0 Å². The van der Waals surface area contributed by atoms with Crippen LogP contribution in [0.2, 0.25) is 0 Å². The fourth-order valence-electron chi connectivity index (χ4n) is 9.05. The van der Waals surface area contributed by atoms with Gasteiger partial charge in [-0.1, -0.05) is 89.0 Å². The highest BCUT2D eigenvalue weighted by atomic mass is 15.4. The molecule has 3 aromatic carbocycles. The van der Waals surface area contributed by atoms with Crippen molar-refractivity contribution in [1.82, 2.24) is 14.8 Å². The third kappa shape index (κ3) is 8.22. The van der Waals surface area contributed by atoms with Crippen LogP contribution in [0.4, 0.5) is 0 Å². The Labute approximate surface area is 349 Å². The van der Waals surface area contributed by atoms with Crippen molar-refractivity contribution in [2.24, 2.45) is 21.1 Å². The fraction of sp³-hybridized carbons (Fsp3) is 0.264. The van der Waals surface area contributed by atoms with Crippen molar-refractivity contribution >= 4 is 0 Å². The molecule has 0 saturated carbocycles. The maximum atomic E-state index is 5.34. The highest BCUT2D eigenvalue weighted by Crippen LogP contribution is 2.37. The molecule has 1 unspecified atom stereocenters. The summed E-state index contributed by atoms with van der Waals surface area (Å²) in [5.41, 5.74) is 18.1. The lowest BCUT2D eigenvalue weighted by Gasteiger charge is -2.23. The van der Waals surface area contributed by atoms with Gasteiger partial charge in [0.1, 0.15) is 21.1 Å². The van der Waals surface area contributed by atoms with Crippen LogP contribution < -0.4 is 13.7 Å². The van der Waals surface area contributed by atoms with E-state index in [1.165, 1.54) is 55.9 Å². The van der Waals surface area contributed by atoms with Crippen LogP contribution in [0.25, 0.3) is 45.4 Å². The number of nitrogens with zero attached hydrogens (tertiary/aromatic N) is 6. The van der Waals surface area contributed by atoms with Crippen molar-refractivity contribution in [3.63, 3.8) is 0 Å². The Hall–Kier alpha value is -6.27. The van der Waals surface area contributed by atoms with Gasteiger partial charge >= 0.3 is 0 Å². The molecule has 59 heavy (non-hydrogen) atoms. The second kappa shape index (κ2) is 16.5. The van der Waals surface area contributed by atoms with Gasteiger partial charge in [0.05, 0.1) is 6.54 Å². The summed E-state index contributed by atoms with van der Waals surface area (Å²) in [6.07, 6.45) is 18.8. The van der Waals surface area contributed by atoms with Crippen molar-refractivity contribution in [2.75, 3.05) is 0 Å². The first-order valence-electron chi connectivity index (χ1n) is 21.3. The topological polar surface area (TPSA) is 42.4 Å². The minimum Gasteiger partial charge on any atom is -0.239 e. The summed E-state index contributed by atoms with van der Waals surface area (Å²) in [5.74, 6) is 1.65. The van der Waals surface area contributed by atoms with E-state index >= 15 is 0 Å². The van der Waals surface area contributed by atoms with Crippen molar-refractivity contribution in [3.8, 4) is 45.4 Å². The number of aryl methyl sites for hydroxylation is 7. The first kappa shape index (κ1) is 38.3. The van der Waals surface area contributed by atoms with Crippen molar-refractivity contribution in [2.45, 2.75) is 71.3 Å². The van der Waals surface area contributed by atoms with Gasteiger partial charge in [-0.25, -0.2) is 18.8 Å². The molecule has 6 bridgehead atoms. The van der Waals surface area contributed by atoms with E-state index in [9.17, 15) is 0 Å². The first-order chi connectivity index (χ1) is 28.8. The molecule has 7 aromatic rings. The lowest BCUT2D eigenvalue weighted by Crippen LogP contribution is -2.32. The molecular formula is C53H55N6+3. The Morgan fingerprint density at radius 2 is 1.17 bits per heavy atom. The molecule has 0 N–H and O–H groups in total. The van der Waals surface area contributed by atoms with Crippen LogP contribution in [-0.2, 0) is 47.0 Å². The average Bonchev–Trinajstić information content (AvgIpc) is 3.67. The molecule has 6 nitrogen and oxygen atoms in total. The predicted molar refractivity (Wildman–Crippen MR) is 236 cm³/mol. The van der Waals surface area contributed by atoms with E-state index in [2.05, 4.69) is 187 Å². The van der Waals surface area contributed by atoms with Gasteiger partial charge < -0.3 is 0 Å². The van der Waals surface area contributed by atoms with Gasteiger partial charge in [0.2, 0.25) is 22.9 Å². The number of rotatable bonds is 4. The maximum Gasteiger partial charge on any atom is 0.249 e. The zero-order valence-electron chi connectivity index (χ0n) is 35.2. The zero-order chi connectivity index (χ0) is 40.5. The number of pyridine rings is 3. The third-order valence-corrected chi connectivity index (χ3v) is 12.5. The normalized spacial score (nSPS) is 15.5. The number of allylic oxidation sites excluding steroid dienone is 4. The van der Waals surface area contributed by atoms with Gasteiger partial charge in [0, 0.05) is 59.0 Å². The van der Waals surface area contributed by atoms with E-state index in [-0.39, 0.29) is 5.92 Å². The Morgan fingerprint density at radius 1 is 0.576 bits per heavy atom. The molecule has 3 aliphatic rings. The highest BCUT2D eigenvalue weighted by Gasteiger charge is 2.29. The summed E-state index contributed by atoms with van der Waals surface area (Å²) in [7, 11) is 6.47. The molecule has 10 rings (SSSR count). The quantitative estimate of drug-likeness (QED) is 0.167. The molecule has 3 aliphatic carbocycles. The molecule has 0 radical (unpaired) electrons. The summed E-state index contributed by atoms with van der Waals surface area (Å²) in [4.78, 5) is 5.27. The van der Waals surface area contributed by atoms with E-state index in [4.69, 9.17) is 10.1 Å². The van der Waals surface area contributed by atoms with Crippen LogP contribution in [0, 0.1) is 13.8 Å². The Kier molecular flexibility index (Phi) is 10.7. The molecule has 0 saturated heterocycles. The Morgan fingerprint density at radius 3 is 1.83 bits per heavy atom. The number of fused-ring (bicyclic) bond motifs is 5. The Bertz CT molecular complexity index is 2740. The van der Waals surface area contributed by atoms with Gasteiger partial charge in [0.25, 0.3) is 0 Å². The lowest BCUT2D eigenvalue weighted by molar-refractivity contribution is -0.660. The number of benzene rings is 3. The van der Waals surface area contributed by atoms with E-state index in [0.29, 0.717) is 6.54 Å². The second-order valence-corrected chi connectivity index (χ2v) is 16.9. The molecule has 0 spiro atoms. The minimum atomic E-state index is 0.0562. The van der Waals surface area contributed by atoms with Crippen LogP contribution in [-0.4, -0.2) is 14.8 Å². The van der Waals surface area contributed by atoms with Gasteiger partial charge in [-0.15, -0.1) is 0 Å². The minimum absolute atomic E-state index is 0.0562. The third-order valence-electron chi connectivity index (χ3n) is 12.5. The van der Waals surface area contributed by atoms with Crippen molar-refractivity contribution < 1.29 is 13.7 Å². The van der Waals surface area contributed by atoms with E-state index in [1.807, 2.05) is 6.07 Å². The van der Waals surface area contributed by atoms with E-state index in [0.717, 1.165) is 67.9 Å². The highest BCUT2D eigenvalue weighted by molar-refractivity contribution is 5.67. The van der Waals surface area contributed by atoms with Crippen molar-refractivity contribution in [3.05, 3.63) is 184 Å². The molecule has 0 amide bonds. The van der Waals surface area contributed by atoms with Gasteiger partial charge in [-0.3, -0.25) is 0 Å². The molecule has 6 heteroatoms. The lowest BCUT2D eigenvalue weighted by atomic mass is 9.84. The standard InChI is InChI=1S/C53H55N6/c1-37-14-24-44-35-45(36-59-53(49-13-9-10-28-56(49)3)54-52(55-59)43-11-7-6-8-12-43)46-25-15-38(2)32-48(46)51-34-42(27-30-58(51)5)23-21-40-18-16-39(17-19-40)20-22-41-26-29-57(4)50(33-41)47(44)31-37/h6-16,18,24-34,45H,17,19-23,35-36H2,1-5H3/q+3. The predicted octanol–water partition coefficient (Wildman–Crippen LogP) is 9.59. The monoisotopic (exact) mass is 775 g/mol. The SMILES string of the molecule is Cc1ccc2c(c1)-c1cc(cc[n+]1C)CCC1=CC=C(CC1)CCc1cc[n+](C)c(c1)-c1cc(C)ccc1C(Cn1nc(-c3ccccc3)nc1-c1cccc[n+]1C)C2. The molecule has 0 aliphatic heterocycles. The molecule has 294 valence electrons. The van der Waals surface area contributed by atoms with Crippen molar-refractivity contribution in [1.29, 1.82) is 0 Å². The summed E-state index contributed by atoms with van der Waals surface area (Å²) in [6, 6.07) is 40.3. The molecule has 1 atom stereocenters. The van der Waals surface area contributed by atoms with Crippen LogP contribution >= 0.6 is 0 Å². The van der Waals surface area contributed by atoms with E-state index in [1.54, 1.807) is 11.1 Å². The molecule has 4 heterocycles. The number of hydrogen-bond donors (Lipinski definition) is 0. The zero-order valence-corrected chi connectivity index (χ0v) is 35.2. The summed E-state index contributed by atoms with van der Waals surface area (Å²) < 4.78 is 8.93. The first-order valence-corrected chi connectivity index (χ1v) is 21.3. The number of aromatic nitrogens is 6. The summed E-state index contributed by atoms with van der Waals surface area (Å²) in [6.45, 7) is 5.08. The molecule has 0 fully saturated rings. The second-order valence-electron chi connectivity index (χ2n) is 16.9. The smallest absolute Gasteiger partial charge is 0.239 e. The largest absolute Gasteiger partial charge is 0.249 e. The fourth-order valence-corrected chi connectivity index (χ4v) is 9.05. The Balaban J connectivity index is 1.25. The summed E-state index contributed by atoms with van der Waals surface area (Å²) >= 11 is 0. The number of hydrogen-bond acceptors (Lipinski definition) is 2. The van der Waals surface area contributed by atoms with Crippen LogP contribution in [0.1, 0.15) is 65.0 Å². The van der Waals surface area contributed by atoms with E-state index < -0.39 is 0 Å². The molecular weight excluding hydrogens is 721 g/mol. The van der Waals surface area contributed by atoms with Gasteiger partial charge in [-0.2, -0.15) is 9.67 Å². The summed E-state index contributed by atoms with van der Waals surface area (Å²) in [5, 5.41) is 5.34. The van der Waals surface area contributed by atoms with Crippen LogP contribution in [0.5, 0.6) is 0 Å². The van der Waals surface area contributed by atoms with Gasteiger partial charge in [0.15, 0.2) is 24.4 Å².